The molecule has 39 heavy (non-hydrogen) atoms. The maximum absolute atomic E-state index is 12.5. The summed E-state index contributed by atoms with van der Waals surface area (Å²) in [6.45, 7) is 0. The first-order valence-corrected chi connectivity index (χ1v) is 11.3. The summed E-state index contributed by atoms with van der Waals surface area (Å²) in [5.41, 5.74) is 5.88. The van der Waals surface area contributed by atoms with Crippen LogP contribution in [-0.2, 0) is 6.42 Å². The van der Waals surface area contributed by atoms with Crippen molar-refractivity contribution < 1.29 is 35.8 Å². The molecule has 0 spiro atoms. The first-order valence-electron chi connectivity index (χ1n) is 11.3. The van der Waals surface area contributed by atoms with Crippen molar-refractivity contribution in [2.75, 3.05) is 0 Å². The number of benzene rings is 4. The molecule has 1 aliphatic rings. The molecule has 0 saturated carbocycles. The van der Waals surface area contributed by atoms with Gasteiger partial charge in [0.05, 0.1) is 23.3 Å². The van der Waals surface area contributed by atoms with Crippen LogP contribution in [0.4, 0.5) is 26.3 Å². The number of alkyl halides is 6. The van der Waals surface area contributed by atoms with E-state index < -0.39 is 24.2 Å². The highest BCUT2D eigenvalue weighted by atomic mass is 19.4. The Labute approximate surface area is 217 Å². The van der Waals surface area contributed by atoms with Crippen molar-refractivity contribution in [3.05, 3.63) is 95.1 Å². The first-order chi connectivity index (χ1) is 18.4. The van der Waals surface area contributed by atoms with Crippen LogP contribution in [0.1, 0.15) is 22.3 Å². The number of rotatable bonds is 4. The fourth-order valence-electron chi connectivity index (χ4n) is 4.62. The molecule has 5 rings (SSSR count). The van der Waals surface area contributed by atoms with E-state index in [1.165, 1.54) is 24.3 Å². The van der Waals surface area contributed by atoms with Crippen LogP contribution in [0.15, 0.2) is 72.8 Å². The normalized spacial score (nSPS) is 12.2. The van der Waals surface area contributed by atoms with Crippen LogP contribution in [0.5, 0.6) is 11.5 Å². The summed E-state index contributed by atoms with van der Waals surface area (Å²) < 4.78 is 83.0. The molecule has 0 radical (unpaired) electrons. The van der Waals surface area contributed by atoms with Crippen LogP contribution in [0.3, 0.4) is 0 Å². The molecule has 0 unspecified atom stereocenters. The molecule has 0 bridgehead atoms. The molecule has 0 heterocycles. The second-order valence-corrected chi connectivity index (χ2v) is 8.65. The molecule has 4 nitrogen and oxygen atoms in total. The van der Waals surface area contributed by atoms with Crippen molar-refractivity contribution in [1.29, 1.82) is 10.5 Å². The van der Waals surface area contributed by atoms with Crippen LogP contribution in [0.25, 0.3) is 33.4 Å². The van der Waals surface area contributed by atoms with E-state index in [1.54, 1.807) is 24.3 Å². The lowest BCUT2D eigenvalue weighted by molar-refractivity contribution is -0.275. The number of nitriles is 2. The maximum Gasteiger partial charge on any atom is 0.573 e. The molecule has 0 atom stereocenters. The molecular formula is C29H14F6N2O2. The van der Waals surface area contributed by atoms with Gasteiger partial charge in [0.2, 0.25) is 0 Å². The third-order valence-corrected chi connectivity index (χ3v) is 6.20. The van der Waals surface area contributed by atoms with Gasteiger partial charge in [-0.2, -0.15) is 10.5 Å². The minimum Gasteiger partial charge on any atom is -0.406 e. The van der Waals surface area contributed by atoms with Crippen LogP contribution in [0.2, 0.25) is 0 Å². The molecule has 4 aromatic carbocycles. The Balaban J connectivity index is 1.56. The van der Waals surface area contributed by atoms with Gasteiger partial charge in [-0.05, 0) is 88.3 Å². The summed E-state index contributed by atoms with van der Waals surface area (Å²) in [5.74, 6) is -0.784. The summed E-state index contributed by atoms with van der Waals surface area (Å²) in [5, 5.41) is 19.5. The van der Waals surface area contributed by atoms with Gasteiger partial charge in [-0.3, -0.25) is 0 Å². The van der Waals surface area contributed by atoms with E-state index >= 15 is 0 Å². The zero-order valence-electron chi connectivity index (χ0n) is 19.6. The maximum atomic E-state index is 12.5. The second kappa shape index (κ2) is 9.41. The predicted octanol–water partition coefficient (Wildman–Crippen LogP) is 8.13. The fraction of sp³-hybridized carbons (Fsp3) is 0.103. The van der Waals surface area contributed by atoms with Crippen molar-refractivity contribution in [3.63, 3.8) is 0 Å². The molecule has 4 aromatic rings. The Bertz CT molecular complexity index is 1530. The Hall–Kier alpha value is -4.96. The van der Waals surface area contributed by atoms with Gasteiger partial charge in [-0.15, -0.1) is 26.3 Å². The van der Waals surface area contributed by atoms with Gasteiger partial charge in [0.15, 0.2) is 0 Å². The van der Waals surface area contributed by atoms with Crippen LogP contribution in [0, 0.1) is 22.7 Å². The van der Waals surface area contributed by atoms with Crippen molar-refractivity contribution in [2.45, 2.75) is 19.1 Å². The molecule has 194 valence electrons. The van der Waals surface area contributed by atoms with Gasteiger partial charge >= 0.3 is 12.7 Å². The van der Waals surface area contributed by atoms with Crippen LogP contribution < -0.4 is 9.47 Å². The molecule has 0 N–H and O–H groups in total. The molecule has 0 amide bonds. The average molecular weight is 536 g/mol. The van der Waals surface area contributed by atoms with Gasteiger partial charge < -0.3 is 9.47 Å². The van der Waals surface area contributed by atoms with Crippen LogP contribution in [-0.4, -0.2) is 12.7 Å². The minimum atomic E-state index is -4.83. The highest BCUT2D eigenvalue weighted by Crippen LogP contribution is 2.43. The third kappa shape index (κ3) is 5.36. The fourth-order valence-corrected chi connectivity index (χ4v) is 4.62. The van der Waals surface area contributed by atoms with E-state index in [9.17, 15) is 36.9 Å². The number of hydrogen-bond acceptors (Lipinski definition) is 4. The summed E-state index contributed by atoms with van der Waals surface area (Å²) in [6.07, 6.45) is -9.21. The van der Waals surface area contributed by atoms with Crippen molar-refractivity contribution in [2.24, 2.45) is 0 Å². The standard InChI is InChI=1S/C29H14F6N2O2/c30-28(31,32)38-22-5-1-16(2-6-22)24-12-26-18(10-20(24)14-36)9-19-11-21(15-37)25(13-27(19)26)17-3-7-23(8-4-17)39-29(33,34)35/h1-8,10-13H,9H2. The van der Waals surface area contributed by atoms with Crippen molar-refractivity contribution in [1.82, 2.24) is 0 Å². The monoisotopic (exact) mass is 536 g/mol. The molecule has 0 saturated heterocycles. The smallest absolute Gasteiger partial charge is 0.406 e. The van der Waals surface area contributed by atoms with E-state index in [0.717, 1.165) is 46.5 Å². The summed E-state index contributed by atoms with van der Waals surface area (Å²) in [6, 6.07) is 21.6. The predicted molar refractivity (Wildman–Crippen MR) is 128 cm³/mol. The van der Waals surface area contributed by atoms with E-state index in [0.29, 0.717) is 39.8 Å². The van der Waals surface area contributed by atoms with E-state index in [-0.39, 0.29) is 0 Å². The lowest BCUT2D eigenvalue weighted by atomic mass is 9.92. The number of fused-ring (bicyclic) bond motifs is 3. The molecule has 0 aromatic heterocycles. The summed E-state index contributed by atoms with van der Waals surface area (Å²) in [4.78, 5) is 0. The van der Waals surface area contributed by atoms with Gasteiger partial charge in [-0.1, -0.05) is 24.3 Å². The first kappa shape index (κ1) is 25.7. The third-order valence-electron chi connectivity index (χ3n) is 6.20. The Morgan fingerprint density at radius 2 is 0.897 bits per heavy atom. The van der Waals surface area contributed by atoms with E-state index in [1.807, 2.05) is 0 Å². The minimum absolute atomic E-state index is 0.326. The Morgan fingerprint density at radius 3 is 1.21 bits per heavy atom. The van der Waals surface area contributed by atoms with Crippen molar-refractivity contribution >= 4 is 0 Å². The van der Waals surface area contributed by atoms with Gasteiger partial charge in [0, 0.05) is 11.1 Å². The SMILES string of the molecule is N#Cc1cc2c(cc1-c1ccc(OC(F)(F)F)cc1)-c1cc(-c3ccc(OC(F)(F)F)cc3)c(C#N)cc1C2. The van der Waals surface area contributed by atoms with E-state index in [4.69, 9.17) is 0 Å². The summed E-state index contributed by atoms with van der Waals surface area (Å²) in [7, 11) is 0. The molecule has 10 heteroatoms. The van der Waals surface area contributed by atoms with E-state index in [2.05, 4.69) is 21.6 Å². The number of hydrogen-bond donors (Lipinski definition) is 0. The highest BCUT2D eigenvalue weighted by Gasteiger charge is 2.32. The number of halogens is 6. The lowest BCUT2D eigenvalue weighted by Crippen LogP contribution is -2.16. The summed E-state index contributed by atoms with van der Waals surface area (Å²) >= 11 is 0. The molecular weight excluding hydrogens is 522 g/mol. The van der Waals surface area contributed by atoms with Crippen molar-refractivity contribution in [3.8, 4) is 57.0 Å². The van der Waals surface area contributed by atoms with Crippen LogP contribution >= 0.6 is 0 Å². The topological polar surface area (TPSA) is 66.0 Å². The molecule has 0 fully saturated rings. The zero-order chi connectivity index (χ0) is 27.9. The average Bonchev–Trinajstić information content (AvgIpc) is 3.22. The second-order valence-electron chi connectivity index (χ2n) is 8.65. The number of nitrogens with zero attached hydrogens (tertiary/aromatic N) is 2. The van der Waals surface area contributed by atoms with Gasteiger partial charge in [0.1, 0.15) is 11.5 Å². The number of ether oxygens (including phenoxy) is 2. The highest BCUT2D eigenvalue weighted by molar-refractivity contribution is 5.88. The Morgan fingerprint density at radius 1 is 0.538 bits per heavy atom. The lowest BCUT2D eigenvalue weighted by Gasteiger charge is -2.13. The Kier molecular flexibility index (Phi) is 6.20. The van der Waals surface area contributed by atoms with Gasteiger partial charge in [-0.25, -0.2) is 0 Å². The molecule has 0 aliphatic heterocycles. The zero-order valence-corrected chi connectivity index (χ0v) is 19.6. The van der Waals surface area contributed by atoms with Gasteiger partial charge in [0.25, 0.3) is 0 Å². The molecule has 1 aliphatic carbocycles. The largest absolute Gasteiger partial charge is 0.573 e. The quantitative estimate of drug-likeness (QED) is 0.218.